The molecule has 2 heterocycles. The van der Waals surface area contributed by atoms with E-state index in [1.54, 1.807) is 18.3 Å². The van der Waals surface area contributed by atoms with Crippen LogP contribution < -0.4 is 11.1 Å². The number of pyridine rings is 1. The monoisotopic (exact) mass is 219 g/mol. The van der Waals surface area contributed by atoms with Crippen molar-refractivity contribution in [2.75, 3.05) is 11.1 Å². The summed E-state index contributed by atoms with van der Waals surface area (Å²) in [7, 11) is 0. The van der Waals surface area contributed by atoms with E-state index in [1.165, 1.54) is 17.1 Å². The van der Waals surface area contributed by atoms with Gasteiger partial charge in [0.2, 0.25) is 0 Å². The number of nitrogens with zero attached hydrogens (tertiary/aromatic N) is 3. The van der Waals surface area contributed by atoms with Crippen molar-refractivity contribution in [3.05, 3.63) is 30.7 Å². The van der Waals surface area contributed by atoms with Crippen molar-refractivity contribution in [2.45, 2.75) is 0 Å². The molecule has 0 spiro atoms. The summed E-state index contributed by atoms with van der Waals surface area (Å²) >= 11 is 0. The van der Waals surface area contributed by atoms with Crippen LogP contribution in [0.1, 0.15) is 0 Å². The molecule has 16 heavy (non-hydrogen) atoms. The second-order valence-electron chi connectivity index (χ2n) is 3.05. The molecule has 2 aromatic rings. The van der Waals surface area contributed by atoms with E-state index in [9.17, 15) is 4.79 Å². The molecule has 0 atom stereocenters. The van der Waals surface area contributed by atoms with Crippen molar-refractivity contribution in [3.63, 3.8) is 0 Å². The number of nitrogens with one attached hydrogen (secondary N) is 1. The van der Waals surface area contributed by atoms with Gasteiger partial charge in [0.25, 0.3) is 0 Å². The highest BCUT2D eigenvalue weighted by atomic mass is 16.4. The van der Waals surface area contributed by atoms with E-state index in [0.29, 0.717) is 11.4 Å². The molecule has 0 aromatic carbocycles. The topological polar surface area (TPSA) is 106 Å². The summed E-state index contributed by atoms with van der Waals surface area (Å²) in [5, 5.41) is 14.7. The Morgan fingerprint density at radius 2 is 2.38 bits per heavy atom. The van der Waals surface area contributed by atoms with Crippen LogP contribution in [0.3, 0.4) is 0 Å². The van der Waals surface area contributed by atoms with Crippen LogP contribution in [-0.2, 0) is 0 Å². The van der Waals surface area contributed by atoms with Gasteiger partial charge in [0, 0.05) is 12.3 Å². The summed E-state index contributed by atoms with van der Waals surface area (Å²) in [6.45, 7) is 0. The molecule has 0 aliphatic carbocycles. The van der Waals surface area contributed by atoms with Gasteiger partial charge in [-0.05, 0) is 6.07 Å². The zero-order valence-corrected chi connectivity index (χ0v) is 8.16. The van der Waals surface area contributed by atoms with Gasteiger partial charge >= 0.3 is 6.09 Å². The third-order valence-corrected chi connectivity index (χ3v) is 1.85. The molecular formula is C9H9N5O2. The quantitative estimate of drug-likeness (QED) is 0.696. The van der Waals surface area contributed by atoms with Crippen LogP contribution in [0, 0.1) is 0 Å². The first-order valence-corrected chi connectivity index (χ1v) is 4.41. The number of rotatable bonds is 2. The molecule has 0 unspecified atom stereocenters. The van der Waals surface area contributed by atoms with Gasteiger partial charge in [-0.3, -0.25) is 5.32 Å². The standard InChI is InChI=1S/C9H9N5O2/c10-6-4-12-14(5-6)7-1-2-11-8(3-7)13-9(15)16/h1-5H,10H2,(H,11,13)(H,15,16). The number of nitrogen functional groups attached to an aromatic ring is 1. The molecule has 7 nitrogen and oxygen atoms in total. The molecule has 0 aliphatic heterocycles. The van der Waals surface area contributed by atoms with Crippen molar-refractivity contribution >= 4 is 17.6 Å². The van der Waals surface area contributed by atoms with Crippen LogP contribution in [0.15, 0.2) is 30.7 Å². The number of nitrogens with two attached hydrogens (primary N) is 1. The smallest absolute Gasteiger partial charge is 0.410 e. The van der Waals surface area contributed by atoms with Gasteiger partial charge in [-0.2, -0.15) is 5.10 Å². The molecular weight excluding hydrogens is 210 g/mol. The Balaban J connectivity index is 2.32. The van der Waals surface area contributed by atoms with Crippen LogP contribution in [0.5, 0.6) is 0 Å². The average molecular weight is 219 g/mol. The van der Waals surface area contributed by atoms with Crippen molar-refractivity contribution in [3.8, 4) is 5.69 Å². The lowest BCUT2D eigenvalue weighted by molar-refractivity contribution is 0.209. The lowest BCUT2D eigenvalue weighted by atomic mass is 10.4. The number of aromatic nitrogens is 3. The maximum absolute atomic E-state index is 10.4. The fourth-order valence-electron chi connectivity index (χ4n) is 1.22. The molecule has 0 fully saturated rings. The average Bonchev–Trinajstić information content (AvgIpc) is 2.64. The van der Waals surface area contributed by atoms with Gasteiger partial charge in [-0.25, -0.2) is 14.5 Å². The van der Waals surface area contributed by atoms with Crippen LogP contribution in [-0.4, -0.2) is 26.0 Å². The summed E-state index contributed by atoms with van der Waals surface area (Å²) in [4.78, 5) is 14.3. The second-order valence-corrected chi connectivity index (χ2v) is 3.05. The van der Waals surface area contributed by atoms with Crippen molar-refractivity contribution in [2.24, 2.45) is 0 Å². The predicted molar refractivity (Wildman–Crippen MR) is 57.4 cm³/mol. The van der Waals surface area contributed by atoms with E-state index in [2.05, 4.69) is 15.4 Å². The Morgan fingerprint density at radius 1 is 1.56 bits per heavy atom. The highest BCUT2D eigenvalue weighted by Crippen LogP contribution is 2.12. The summed E-state index contributed by atoms with van der Waals surface area (Å²) in [6, 6.07) is 3.25. The number of hydrogen-bond acceptors (Lipinski definition) is 4. The zero-order chi connectivity index (χ0) is 11.5. The third kappa shape index (κ3) is 2.08. The fraction of sp³-hybridized carbons (Fsp3) is 0. The van der Waals surface area contributed by atoms with Gasteiger partial charge in [-0.1, -0.05) is 0 Å². The molecule has 2 rings (SSSR count). The van der Waals surface area contributed by atoms with Crippen LogP contribution >= 0.6 is 0 Å². The van der Waals surface area contributed by atoms with Crippen LogP contribution in [0.4, 0.5) is 16.3 Å². The lowest BCUT2D eigenvalue weighted by Crippen LogP contribution is -2.09. The minimum Gasteiger partial charge on any atom is -0.465 e. The van der Waals surface area contributed by atoms with Crippen molar-refractivity contribution in [1.29, 1.82) is 0 Å². The molecule has 0 radical (unpaired) electrons. The summed E-state index contributed by atoms with van der Waals surface area (Å²) < 4.78 is 1.53. The van der Waals surface area contributed by atoms with Crippen molar-refractivity contribution in [1.82, 2.24) is 14.8 Å². The highest BCUT2D eigenvalue weighted by molar-refractivity contribution is 5.81. The Morgan fingerprint density at radius 3 is 3.00 bits per heavy atom. The molecule has 0 saturated heterocycles. The summed E-state index contributed by atoms with van der Waals surface area (Å²) in [5.74, 6) is 0.235. The largest absolute Gasteiger partial charge is 0.465 e. The molecule has 7 heteroatoms. The molecule has 0 bridgehead atoms. The van der Waals surface area contributed by atoms with Gasteiger partial charge in [0.05, 0.1) is 23.8 Å². The molecule has 82 valence electrons. The van der Waals surface area contributed by atoms with Crippen molar-refractivity contribution < 1.29 is 9.90 Å². The first-order chi connectivity index (χ1) is 7.65. The van der Waals surface area contributed by atoms with Gasteiger partial charge in [0.15, 0.2) is 0 Å². The zero-order valence-electron chi connectivity index (χ0n) is 8.16. The number of carboxylic acid groups (broad SMARTS) is 1. The molecule has 1 amide bonds. The van der Waals surface area contributed by atoms with Crippen LogP contribution in [0.25, 0.3) is 5.69 Å². The third-order valence-electron chi connectivity index (χ3n) is 1.85. The second kappa shape index (κ2) is 3.89. The Labute approximate surface area is 90.5 Å². The van der Waals surface area contributed by atoms with E-state index in [1.807, 2.05) is 0 Å². The minimum atomic E-state index is -1.16. The first kappa shape index (κ1) is 9.97. The van der Waals surface area contributed by atoms with Gasteiger partial charge in [-0.15, -0.1) is 0 Å². The Kier molecular flexibility index (Phi) is 2.42. The number of anilines is 2. The summed E-state index contributed by atoms with van der Waals surface area (Å²) in [6.07, 6.45) is 3.45. The first-order valence-electron chi connectivity index (χ1n) is 4.41. The van der Waals surface area contributed by atoms with Gasteiger partial charge < -0.3 is 10.8 Å². The molecule has 2 aromatic heterocycles. The maximum atomic E-state index is 10.4. The lowest BCUT2D eigenvalue weighted by Gasteiger charge is -2.03. The van der Waals surface area contributed by atoms with E-state index in [4.69, 9.17) is 10.8 Å². The highest BCUT2D eigenvalue weighted by Gasteiger charge is 2.03. The predicted octanol–water partition coefficient (Wildman–Crippen LogP) is 0.939. The number of amides is 1. The van der Waals surface area contributed by atoms with Crippen LogP contribution in [0.2, 0.25) is 0 Å². The van der Waals surface area contributed by atoms with E-state index in [-0.39, 0.29) is 5.82 Å². The van der Waals surface area contributed by atoms with E-state index in [0.717, 1.165) is 0 Å². The molecule has 4 N–H and O–H groups in total. The summed E-state index contributed by atoms with van der Waals surface area (Å²) in [5.41, 5.74) is 6.73. The van der Waals surface area contributed by atoms with E-state index >= 15 is 0 Å². The minimum absolute atomic E-state index is 0.235. The SMILES string of the molecule is Nc1cnn(-c2ccnc(NC(=O)O)c2)c1. The van der Waals surface area contributed by atoms with Gasteiger partial charge in [0.1, 0.15) is 5.82 Å². The molecule has 0 saturated carbocycles. The number of hydrogen-bond donors (Lipinski definition) is 3. The maximum Gasteiger partial charge on any atom is 0.410 e. The number of carbonyl (C=O) groups is 1. The van der Waals surface area contributed by atoms with E-state index < -0.39 is 6.09 Å². The fourth-order valence-corrected chi connectivity index (χ4v) is 1.22. The normalized spacial score (nSPS) is 10.0. The Hall–Kier alpha value is -2.57. The molecule has 0 aliphatic rings. The Bertz CT molecular complexity index is 522.